The number of aromatic carboxylic acids is 1. The fourth-order valence-electron chi connectivity index (χ4n) is 3.96. The van der Waals surface area contributed by atoms with Gasteiger partial charge in [0.15, 0.2) is 5.60 Å². The number of alkyl halides is 3. The summed E-state index contributed by atoms with van der Waals surface area (Å²) in [5.41, 5.74) is -0.835. The molecule has 3 N–H and O–H groups in total. The number of halogens is 3. The highest BCUT2D eigenvalue weighted by atomic mass is 19.4. The van der Waals surface area contributed by atoms with Crippen molar-refractivity contribution in [2.45, 2.75) is 17.9 Å². The number of anilines is 2. The van der Waals surface area contributed by atoms with Crippen LogP contribution in [0.1, 0.15) is 21.5 Å². The zero-order valence-corrected chi connectivity index (χ0v) is 16.2. The molecule has 160 valence electrons. The molecule has 0 bridgehead atoms. The monoisotopic (exact) mass is 428 g/mol. The van der Waals surface area contributed by atoms with E-state index in [9.17, 15) is 28.2 Å². The third-order valence-corrected chi connectivity index (χ3v) is 5.33. The molecule has 8 heteroatoms. The minimum atomic E-state index is -4.59. The summed E-state index contributed by atoms with van der Waals surface area (Å²) in [6.07, 6.45) is -5.83. The summed E-state index contributed by atoms with van der Waals surface area (Å²) < 4.78 is 40.7. The van der Waals surface area contributed by atoms with E-state index < -0.39 is 30.5 Å². The van der Waals surface area contributed by atoms with Gasteiger partial charge in [0.2, 0.25) is 0 Å². The molecule has 0 radical (unpaired) electrons. The van der Waals surface area contributed by atoms with E-state index in [1.807, 2.05) is 0 Å². The predicted octanol–water partition coefficient (Wildman–Crippen LogP) is 4.44. The van der Waals surface area contributed by atoms with Crippen LogP contribution in [-0.2, 0) is 5.60 Å². The Morgan fingerprint density at radius 1 is 0.935 bits per heavy atom. The number of hydrogen-bond acceptors (Lipinski definition) is 4. The van der Waals surface area contributed by atoms with Crippen molar-refractivity contribution in [3.63, 3.8) is 0 Å². The van der Waals surface area contributed by atoms with Gasteiger partial charge in [0.05, 0.1) is 16.9 Å². The number of nitrogens with zero attached hydrogens (tertiary/aromatic N) is 1. The second kappa shape index (κ2) is 7.63. The Balaban J connectivity index is 1.90. The zero-order valence-electron chi connectivity index (χ0n) is 16.2. The van der Waals surface area contributed by atoms with E-state index in [0.29, 0.717) is 16.8 Å². The van der Waals surface area contributed by atoms with Gasteiger partial charge in [0.1, 0.15) is 12.7 Å². The van der Waals surface area contributed by atoms with Crippen LogP contribution in [0.2, 0.25) is 0 Å². The molecule has 5 nitrogen and oxygen atoms in total. The molecule has 0 spiro atoms. The minimum Gasteiger partial charge on any atom is -0.478 e. The smallest absolute Gasteiger partial charge is 0.406 e. The first-order valence-corrected chi connectivity index (χ1v) is 9.51. The van der Waals surface area contributed by atoms with Crippen LogP contribution in [0, 0.1) is 0 Å². The minimum absolute atomic E-state index is 0.0625. The molecular formula is C23H19F3N2O3. The van der Waals surface area contributed by atoms with Gasteiger partial charge in [-0.05, 0) is 29.3 Å². The van der Waals surface area contributed by atoms with Crippen LogP contribution in [0.5, 0.6) is 0 Å². The van der Waals surface area contributed by atoms with Gasteiger partial charge in [-0.15, -0.1) is 0 Å². The van der Waals surface area contributed by atoms with E-state index in [2.05, 4.69) is 5.32 Å². The highest BCUT2D eigenvalue weighted by Crippen LogP contribution is 2.45. The average Bonchev–Trinajstić information content (AvgIpc) is 3.11. The average molecular weight is 428 g/mol. The number of carboxylic acid groups (broad SMARTS) is 1. The van der Waals surface area contributed by atoms with Crippen LogP contribution >= 0.6 is 0 Å². The molecule has 3 aromatic carbocycles. The maximum atomic E-state index is 13.6. The van der Waals surface area contributed by atoms with Gasteiger partial charge >= 0.3 is 12.1 Å². The quantitative estimate of drug-likeness (QED) is 0.560. The fourth-order valence-corrected chi connectivity index (χ4v) is 3.96. The van der Waals surface area contributed by atoms with Gasteiger partial charge in [-0.3, -0.25) is 0 Å². The van der Waals surface area contributed by atoms with E-state index >= 15 is 0 Å². The molecule has 4 rings (SSSR count). The summed E-state index contributed by atoms with van der Waals surface area (Å²) in [6.45, 7) is -1.37. The van der Waals surface area contributed by atoms with Gasteiger partial charge in [-0.1, -0.05) is 60.7 Å². The van der Waals surface area contributed by atoms with Gasteiger partial charge in [-0.25, -0.2) is 4.79 Å². The summed E-state index contributed by atoms with van der Waals surface area (Å²) in [4.78, 5) is 12.4. The number of nitrogens with one attached hydrogen (secondary N) is 1. The Hall–Kier alpha value is -3.52. The second-order valence-corrected chi connectivity index (χ2v) is 7.33. The fraction of sp³-hybridized carbons (Fsp3) is 0.174. The molecule has 1 aliphatic heterocycles. The number of rotatable bonds is 5. The predicted molar refractivity (Wildman–Crippen MR) is 110 cm³/mol. The molecule has 31 heavy (non-hydrogen) atoms. The van der Waals surface area contributed by atoms with Gasteiger partial charge in [0, 0.05) is 0 Å². The Kier molecular flexibility index (Phi) is 5.10. The lowest BCUT2D eigenvalue weighted by Crippen LogP contribution is -2.55. The lowest BCUT2D eigenvalue weighted by molar-refractivity contribution is -0.122. The topological polar surface area (TPSA) is 72.8 Å². The number of benzene rings is 3. The Bertz CT molecular complexity index is 1050. The molecule has 0 saturated carbocycles. The molecule has 0 fully saturated rings. The van der Waals surface area contributed by atoms with Crippen molar-refractivity contribution >= 4 is 17.3 Å². The summed E-state index contributed by atoms with van der Waals surface area (Å²) in [6, 6.07) is 20.8. The number of carbonyl (C=O) groups is 1. The van der Waals surface area contributed by atoms with Crippen LogP contribution in [0.4, 0.5) is 24.5 Å². The molecule has 1 unspecified atom stereocenters. The van der Waals surface area contributed by atoms with Crippen molar-refractivity contribution in [1.29, 1.82) is 0 Å². The van der Waals surface area contributed by atoms with Crippen molar-refractivity contribution < 1.29 is 28.2 Å². The number of carboxylic acids is 1. The molecule has 1 heterocycles. The Morgan fingerprint density at radius 2 is 1.48 bits per heavy atom. The van der Waals surface area contributed by atoms with Gasteiger partial charge in [-0.2, -0.15) is 13.2 Å². The third kappa shape index (κ3) is 3.82. The van der Waals surface area contributed by atoms with Crippen LogP contribution in [0.15, 0.2) is 78.9 Å². The maximum Gasteiger partial charge on any atom is 0.406 e. The van der Waals surface area contributed by atoms with E-state index in [1.165, 1.54) is 18.2 Å². The highest BCUT2D eigenvalue weighted by Gasteiger charge is 2.50. The molecule has 1 atom stereocenters. The first-order chi connectivity index (χ1) is 14.7. The summed E-state index contributed by atoms with van der Waals surface area (Å²) >= 11 is 0. The first kappa shape index (κ1) is 20.7. The van der Waals surface area contributed by atoms with Crippen molar-refractivity contribution in [3.05, 3.63) is 95.6 Å². The second-order valence-electron chi connectivity index (χ2n) is 7.33. The summed E-state index contributed by atoms with van der Waals surface area (Å²) in [5, 5.41) is 24.3. The lowest BCUT2D eigenvalue weighted by Gasteiger charge is -2.41. The standard InChI is InChI=1S/C23H19F3N2O3/c24-22(25,26)14-28-19-13-15(20(29)30)11-12-18(19)27-21(28)23(31,16-7-3-1-4-8-16)17-9-5-2-6-10-17/h1-13,21,27,31H,14H2,(H,29,30). The Labute approximate surface area is 176 Å². The molecule has 0 saturated heterocycles. The van der Waals surface area contributed by atoms with E-state index in [1.54, 1.807) is 60.7 Å². The summed E-state index contributed by atoms with van der Waals surface area (Å²) in [7, 11) is 0. The molecular weight excluding hydrogens is 409 g/mol. The van der Waals surface area contributed by atoms with Crippen molar-refractivity contribution in [2.75, 3.05) is 16.8 Å². The first-order valence-electron chi connectivity index (χ1n) is 9.51. The largest absolute Gasteiger partial charge is 0.478 e. The molecule has 3 aromatic rings. The molecule has 0 amide bonds. The van der Waals surface area contributed by atoms with Crippen molar-refractivity contribution in [2.24, 2.45) is 0 Å². The highest BCUT2D eigenvalue weighted by molar-refractivity contribution is 5.92. The van der Waals surface area contributed by atoms with Crippen LogP contribution < -0.4 is 10.2 Å². The Morgan fingerprint density at radius 3 is 1.97 bits per heavy atom. The van der Waals surface area contributed by atoms with Crippen LogP contribution in [0.3, 0.4) is 0 Å². The van der Waals surface area contributed by atoms with E-state index in [0.717, 1.165) is 4.90 Å². The SMILES string of the molecule is O=C(O)c1ccc2c(c1)N(CC(F)(F)F)C(C(O)(c1ccccc1)c1ccccc1)N2. The maximum absolute atomic E-state index is 13.6. The summed E-state index contributed by atoms with van der Waals surface area (Å²) in [5.74, 6) is -1.25. The van der Waals surface area contributed by atoms with Crippen molar-refractivity contribution in [3.8, 4) is 0 Å². The molecule has 1 aliphatic rings. The number of fused-ring (bicyclic) bond motifs is 1. The van der Waals surface area contributed by atoms with Crippen molar-refractivity contribution in [1.82, 2.24) is 0 Å². The third-order valence-electron chi connectivity index (χ3n) is 5.33. The van der Waals surface area contributed by atoms with Crippen LogP contribution in [0.25, 0.3) is 0 Å². The molecule has 0 aliphatic carbocycles. The normalized spacial score (nSPS) is 16.0. The number of aliphatic hydroxyl groups is 1. The number of hydrogen-bond donors (Lipinski definition) is 3. The van der Waals surface area contributed by atoms with Crippen LogP contribution in [-0.4, -0.2) is 35.1 Å². The van der Waals surface area contributed by atoms with Gasteiger partial charge in [0.25, 0.3) is 0 Å². The lowest BCUT2D eigenvalue weighted by atomic mass is 9.83. The molecule has 0 aromatic heterocycles. The van der Waals surface area contributed by atoms with E-state index in [-0.39, 0.29) is 11.3 Å². The van der Waals surface area contributed by atoms with Gasteiger partial charge < -0.3 is 20.4 Å². The zero-order chi connectivity index (χ0) is 22.2. The van der Waals surface area contributed by atoms with E-state index in [4.69, 9.17) is 0 Å².